The molecule has 0 bridgehead atoms. The van der Waals surface area contributed by atoms with E-state index in [1.165, 1.54) is 12.1 Å². The Labute approximate surface area is 261 Å². The molecule has 1 aliphatic heterocycles. The number of carboxylic acid groups (broad SMARTS) is 1. The highest BCUT2D eigenvalue weighted by Crippen LogP contribution is 2.50. The van der Waals surface area contributed by atoms with Crippen LogP contribution in [0.15, 0.2) is 76.1 Å². The van der Waals surface area contributed by atoms with E-state index in [1.807, 2.05) is 30.3 Å². The molecular formula is C33H38BrNO7S. The molecule has 0 aromatic heterocycles. The summed E-state index contributed by atoms with van der Waals surface area (Å²) in [5, 5.41) is 22.1. The molecular weight excluding hydrogens is 634 g/mol. The Morgan fingerprint density at radius 2 is 1.79 bits per heavy atom. The molecule has 0 fully saturated rings. The zero-order chi connectivity index (χ0) is 31.2. The van der Waals surface area contributed by atoms with E-state index in [1.54, 1.807) is 24.3 Å². The lowest BCUT2D eigenvalue weighted by Gasteiger charge is -2.34. The first-order valence-corrected chi connectivity index (χ1v) is 17.0. The first kappa shape index (κ1) is 32.5. The van der Waals surface area contributed by atoms with E-state index in [0.717, 1.165) is 31.2 Å². The first-order chi connectivity index (χ1) is 20.5. The lowest BCUT2D eigenvalue weighted by Crippen LogP contribution is -2.44. The molecule has 1 heterocycles. The molecule has 43 heavy (non-hydrogen) atoms. The molecule has 1 unspecified atom stereocenters. The molecule has 3 N–H and O–H groups in total. The Kier molecular flexibility index (Phi) is 10.6. The largest absolute Gasteiger partial charge is 0.508 e. The van der Waals surface area contributed by atoms with Crippen molar-refractivity contribution >= 4 is 37.6 Å². The van der Waals surface area contributed by atoms with Crippen LogP contribution in [-0.4, -0.2) is 48.9 Å². The summed E-state index contributed by atoms with van der Waals surface area (Å²) < 4.78 is 34.3. The molecule has 0 saturated carbocycles. The fourth-order valence-corrected chi connectivity index (χ4v) is 8.65. The second kappa shape index (κ2) is 13.9. The highest BCUT2D eigenvalue weighted by atomic mass is 79.9. The Morgan fingerprint density at radius 1 is 1.09 bits per heavy atom. The van der Waals surface area contributed by atoms with Crippen molar-refractivity contribution in [2.24, 2.45) is 5.41 Å². The second-order valence-corrected chi connectivity index (χ2v) is 14.1. The van der Waals surface area contributed by atoms with Crippen LogP contribution < -0.4 is 10.1 Å². The number of phenolic OH excluding ortho intramolecular Hbond substituents is 1. The van der Waals surface area contributed by atoms with Crippen LogP contribution in [0, 0.1) is 5.41 Å². The molecule has 0 aliphatic carbocycles. The summed E-state index contributed by atoms with van der Waals surface area (Å²) in [7, 11) is -3.72. The quantitative estimate of drug-likeness (QED) is 0.208. The van der Waals surface area contributed by atoms with Gasteiger partial charge in [-0.3, -0.25) is 4.79 Å². The van der Waals surface area contributed by atoms with Gasteiger partial charge in [0.2, 0.25) is 0 Å². The van der Waals surface area contributed by atoms with Gasteiger partial charge in [0.1, 0.15) is 17.5 Å². The number of nitrogens with one attached hydrogen (secondary N) is 1. The lowest BCUT2D eigenvalue weighted by molar-refractivity contribution is -0.142. The number of aliphatic carboxylic acids is 1. The Balaban J connectivity index is 1.62. The zero-order valence-electron chi connectivity index (χ0n) is 24.4. The topological polar surface area (TPSA) is 130 Å². The lowest BCUT2D eigenvalue weighted by atomic mass is 9.71. The van der Waals surface area contributed by atoms with Gasteiger partial charge in [0, 0.05) is 18.4 Å². The van der Waals surface area contributed by atoms with Crippen molar-refractivity contribution in [3.8, 4) is 11.5 Å². The minimum atomic E-state index is -3.72. The number of unbranched alkanes of at least 4 members (excludes halogenated alkanes) is 1. The first-order valence-electron chi connectivity index (χ1n) is 14.5. The normalized spacial score (nSPS) is 19.9. The maximum Gasteiger partial charge on any atom is 0.326 e. The summed E-state index contributed by atoms with van der Waals surface area (Å²) in [4.78, 5) is 24.8. The number of sulfone groups is 1. The van der Waals surface area contributed by atoms with Crippen LogP contribution >= 0.6 is 15.9 Å². The van der Waals surface area contributed by atoms with Gasteiger partial charge in [-0.05, 0) is 69.4 Å². The third-order valence-electron chi connectivity index (χ3n) is 8.33. The third kappa shape index (κ3) is 7.78. The van der Waals surface area contributed by atoms with Crippen LogP contribution in [0.2, 0.25) is 0 Å². The number of halogens is 1. The number of phenols is 1. The summed E-state index contributed by atoms with van der Waals surface area (Å²) in [5.41, 5.74) is 1.72. The maximum absolute atomic E-state index is 14.0. The predicted octanol–water partition coefficient (Wildman–Crippen LogP) is 6.24. The number of hydrogen-bond acceptors (Lipinski definition) is 6. The summed E-state index contributed by atoms with van der Waals surface area (Å²) >= 11 is 3.53. The van der Waals surface area contributed by atoms with Crippen molar-refractivity contribution in [3.63, 3.8) is 0 Å². The number of rotatable bonds is 12. The standard InChI is InChI=1S/C33H38BrNO7S/c1-3-5-15-33(4-2)19-25(22-11-7-6-8-12-22)24-17-26(34)29(18-30(24)43(40,41)21-33)42-20-31(37)35-27(32(38)39)16-23-13-9-10-14-28(23)36/h6-14,17-18,25,27,36H,3-5,15-16,19-21H2,1-2H3,(H,35,37)(H,38,39)/t25-,27?,33+/m1/s1. The smallest absolute Gasteiger partial charge is 0.326 e. The van der Waals surface area contributed by atoms with Crippen LogP contribution in [0.25, 0.3) is 0 Å². The van der Waals surface area contributed by atoms with Crippen molar-refractivity contribution in [2.75, 3.05) is 12.4 Å². The van der Waals surface area contributed by atoms with Crippen molar-refractivity contribution in [3.05, 3.63) is 87.9 Å². The van der Waals surface area contributed by atoms with E-state index in [9.17, 15) is 28.2 Å². The van der Waals surface area contributed by atoms with Gasteiger partial charge in [0.25, 0.3) is 5.91 Å². The van der Waals surface area contributed by atoms with Crippen LogP contribution in [0.4, 0.5) is 0 Å². The van der Waals surface area contributed by atoms with Gasteiger partial charge in [-0.25, -0.2) is 13.2 Å². The molecule has 3 aromatic carbocycles. The summed E-state index contributed by atoms with van der Waals surface area (Å²) in [5.74, 6) is -1.97. The fourth-order valence-electron chi connectivity index (χ4n) is 5.90. The predicted molar refractivity (Wildman–Crippen MR) is 168 cm³/mol. The highest BCUT2D eigenvalue weighted by Gasteiger charge is 2.42. The molecule has 8 nitrogen and oxygen atoms in total. The number of hydrogen-bond donors (Lipinski definition) is 3. The Bertz CT molecular complexity index is 1560. The molecule has 0 saturated heterocycles. The van der Waals surface area contributed by atoms with Gasteiger partial charge >= 0.3 is 5.97 Å². The number of benzene rings is 3. The molecule has 4 rings (SSSR count). The fraction of sp³-hybridized carbons (Fsp3) is 0.394. The molecule has 230 valence electrons. The van der Waals surface area contributed by atoms with Crippen molar-refractivity contribution in [1.29, 1.82) is 0 Å². The SMILES string of the molecule is CCCC[C@@]1(CC)C[C@H](c2ccccc2)c2cc(Br)c(OCC(=O)NC(Cc3ccccc3O)C(=O)O)cc2S(=O)(=O)C1. The summed E-state index contributed by atoms with van der Waals surface area (Å²) in [6.45, 7) is 3.65. The average molecular weight is 673 g/mol. The highest BCUT2D eigenvalue weighted by molar-refractivity contribution is 9.10. The Hall–Kier alpha value is -3.37. The number of amides is 1. The van der Waals surface area contributed by atoms with E-state index >= 15 is 0 Å². The number of aromatic hydroxyl groups is 1. The molecule has 3 aromatic rings. The van der Waals surface area contributed by atoms with Crippen LogP contribution in [0.1, 0.15) is 68.6 Å². The molecule has 3 atom stereocenters. The molecule has 10 heteroatoms. The maximum atomic E-state index is 14.0. The minimum Gasteiger partial charge on any atom is -0.508 e. The Morgan fingerprint density at radius 3 is 2.44 bits per heavy atom. The number of carboxylic acids is 1. The van der Waals surface area contributed by atoms with Gasteiger partial charge in [0.05, 0.1) is 15.1 Å². The van der Waals surface area contributed by atoms with E-state index in [4.69, 9.17) is 4.74 Å². The third-order valence-corrected chi connectivity index (χ3v) is 11.0. The molecule has 0 spiro atoms. The van der Waals surface area contributed by atoms with Gasteiger partial charge in [-0.1, -0.05) is 75.2 Å². The van der Waals surface area contributed by atoms with E-state index in [-0.39, 0.29) is 39.9 Å². The van der Waals surface area contributed by atoms with Crippen LogP contribution in [0.3, 0.4) is 0 Å². The van der Waals surface area contributed by atoms with Crippen LogP contribution in [0.5, 0.6) is 11.5 Å². The number of carbonyl (C=O) groups excluding carboxylic acids is 1. The molecule has 0 radical (unpaired) electrons. The monoisotopic (exact) mass is 671 g/mol. The van der Waals surface area contributed by atoms with Gasteiger partial charge in [-0.15, -0.1) is 0 Å². The van der Waals surface area contributed by atoms with E-state index < -0.39 is 34.4 Å². The van der Waals surface area contributed by atoms with Gasteiger partial charge in [-0.2, -0.15) is 0 Å². The van der Waals surface area contributed by atoms with Gasteiger partial charge in [0.15, 0.2) is 16.4 Å². The number of para-hydroxylation sites is 1. The molecule has 1 aliphatic rings. The van der Waals surface area contributed by atoms with Crippen LogP contribution in [-0.2, 0) is 25.8 Å². The van der Waals surface area contributed by atoms with E-state index in [2.05, 4.69) is 35.1 Å². The van der Waals surface area contributed by atoms with Crippen molar-refractivity contribution in [2.45, 2.75) is 69.2 Å². The van der Waals surface area contributed by atoms with E-state index in [0.29, 0.717) is 22.0 Å². The van der Waals surface area contributed by atoms with Crippen molar-refractivity contribution in [1.82, 2.24) is 5.32 Å². The second-order valence-electron chi connectivity index (χ2n) is 11.3. The number of ether oxygens (including phenoxy) is 1. The van der Waals surface area contributed by atoms with Gasteiger partial charge < -0.3 is 20.3 Å². The minimum absolute atomic E-state index is 0.0288. The zero-order valence-corrected chi connectivity index (χ0v) is 26.8. The summed E-state index contributed by atoms with van der Waals surface area (Å²) in [6.07, 6.45) is 4.04. The number of fused-ring (bicyclic) bond motifs is 1. The average Bonchev–Trinajstić information content (AvgIpc) is 3.07. The summed E-state index contributed by atoms with van der Waals surface area (Å²) in [6, 6.07) is 18.2. The molecule has 1 amide bonds. The van der Waals surface area contributed by atoms with Crippen molar-refractivity contribution < 1.29 is 33.0 Å². The number of carbonyl (C=O) groups is 2.